The van der Waals surface area contributed by atoms with Crippen molar-refractivity contribution in [2.45, 2.75) is 17.9 Å². The van der Waals surface area contributed by atoms with Crippen LogP contribution < -0.4 is 19.1 Å². The van der Waals surface area contributed by atoms with Crippen LogP contribution in [0, 0.1) is 5.82 Å². The van der Waals surface area contributed by atoms with Gasteiger partial charge >= 0.3 is 0 Å². The van der Waals surface area contributed by atoms with Crippen LogP contribution in [0.1, 0.15) is 18.5 Å². The van der Waals surface area contributed by atoms with E-state index in [9.17, 15) is 17.6 Å². The summed E-state index contributed by atoms with van der Waals surface area (Å²) >= 11 is 5.89. The van der Waals surface area contributed by atoms with E-state index < -0.39 is 34.3 Å². The summed E-state index contributed by atoms with van der Waals surface area (Å²) in [6, 6.07) is 15.9. The van der Waals surface area contributed by atoms with E-state index in [0.717, 1.165) is 15.9 Å². The van der Waals surface area contributed by atoms with Gasteiger partial charge in [-0.25, -0.2) is 12.8 Å². The second-order valence-electron chi connectivity index (χ2n) is 7.33. The minimum absolute atomic E-state index is 0.0174. The van der Waals surface area contributed by atoms with Crippen molar-refractivity contribution in [1.82, 2.24) is 5.32 Å². The molecule has 0 spiro atoms. The fourth-order valence-corrected chi connectivity index (χ4v) is 4.91. The van der Waals surface area contributed by atoms with Crippen LogP contribution in [0.3, 0.4) is 0 Å². The van der Waals surface area contributed by atoms with Gasteiger partial charge in [0.1, 0.15) is 12.4 Å². The lowest BCUT2D eigenvalue weighted by atomic mass is 10.1. The van der Waals surface area contributed by atoms with E-state index in [-0.39, 0.29) is 15.6 Å². The number of methoxy groups -OCH3 is 2. The molecule has 1 amide bonds. The van der Waals surface area contributed by atoms with Crippen molar-refractivity contribution >= 4 is 33.2 Å². The first kappa shape index (κ1) is 25.3. The Bertz CT molecular complexity index is 1270. The standard InChI is InChI=1S/C24H24ClFN2O5S/c1-16(17-9-12-22(32-2)23(13-17)33-3)27-24(29)15-28(18-10-11-21(26)20(25)14-18)34(30,31)19-7-5-4-6-8-19/h4-14,16H,15H2,1-3H3,(H,27,29)/t16-/m1/s1. The summed E-state index contributed by atoms with van der Waals surface area (Å²) in [7, 11) is -1.12. The molecule has 0 radical (unpaired) electrons. The molecule has 0 aliphatic rings. The minimum atomic E-state index is -4.14. The van der Waals surface area contributed by atoms with Gasteiger partial charge in [0.15, 0.2) is 11.5 Å². The molecule has 10 heteroatoms. The van der Waals surface area contributed by atoms with Crippen LogP contribution in [0.15, 0.2) is 71.6 Å². The number of nitrogens with zero attached hydrogens (tertiary/aromatic N) is 1. The Morgan fingerprint density at radius 3 is 2.32 bits per heavy atom. The first-order chi connectivity index (χ1) is 16.2. The lowest BCUT2D eigenvalue weighted by Gasteiger charge is -2.25. The van der Waals surface area contributed by atoms with Crippen LogP contribution in [-0.4, -0.2) is 35.1 Å². The van der Waals surface area contributed by atoms with Gasteiger partial charge in [-0.05, 0) is 55.0 Å². The number of hydrogen-bond acceptors (Lipinski definition) is 5. The molecule has 0 unspecified atom stereocenters. The van der Waals surface area contributed by atoms with Crippen LogP contribution in [0.25, 0.3) is 0 Å². The van der Waals surface area contributed by atoms with Gasteiger partial charge < -0.3 is 14.8 Å². The predicted molar refractivity (Wildman–Crippen MR) is 128 cm³/mol. The monoisotopic (exact) mass is 506 g/mol. The number of amides is 1. The molecule has 0 aliphatic carbocycles. The largest absolute Gasteiger partial charge is 0.493 e. The van der Waals surface area contributed by atoms with Gasteiger partial charge in [0.25, 0.3) is 10.0 Å². The summed E-state index contributed by atoms with van der Waals surface area (Å²) in [5.41, 5.74) is 0.789. The van der Waals surface area contributed by atoms with Gasteiger partial charge in [-0.2, -0.15) is 0 Å². The Morgan fingerprint density at radius 1 is 1.03 bits per heavy atom. The number of nitrogens with one attached hydrogen (secondary N) is 1. The lowest BCUT2D eigenvalue weighted by Crippen LogP contribution is -2.41. The summed E-state index contributed by atoms with van der Waals surface area (Å²) in [6.07, 6.45) is 0. The minimum Gasteiger partial charge on any atom is -0.493 e. The Morgan fingerprint density at radius 2 is 1.71 bits per heavy atom. The Hall–Kier alpha value is -3.30. The summed E-state index contributed by atoms with van der Waals surface area (Å²) in [4.78, 5) is 12.9. The summed E-state index contributed by atoms with van der Waals surface area (Å²) in [5, 5.41) is 2.53. The third-order valence-corrected chi connectivity index (χ3v) is 7.17. The lowest BCUT2D eigenvalue weighted by molar-refractivity contribution is -0.120. The van der Waals surface area contributed by atoms with E-state index in [1.807, 2.05) is 0 Å². The van der Waals surface area contributed by atoms with Gasteiger partial charge in [0.05, 0.1) is 35.9 Å². The number of halogens is 2. The second-order valence-corrected chi connectivity index (χ2v) is 9.60. The molecule has 180 valence electrons. The molecule has 3 aromatic carbocycles. The predicted octanol–water partition coefficient (Wildman–Crippen LogP) is 4.57. The Kier molecular flexibility index (Phi) is 8.01. The van der Waals surface area contributed by atoms with Crippen LogP contribution in [-0.2, 0) is 14.8 Å². The molecule has 34 heavy (non-hydrogen) atoms. The fourth-order valence-electron chi connectivity index (χ4n) is 3.30. The van der Waals surface area contributed by atoms with Crippen molar-refractivity contribution in [3.05, 3.63) is 83.1 Å². The number of anilines is 1. The van der Waals surface area contributed by atoms with Crippen molar-refractivity contribution < 1.29 is 27.1 Å². The summed E-state index contributed by atoms with van der Waals surface area (Å²) in [6.45, 7) is 1.21. The topological polar surface area (TPSA) is 84.9 Å². The first-order valence-corrected chi connectivity index (χ1v) is 12.0. The van der Waals surface area contributed by atoms with E-state index >= 15 is 0 Å². The normalized spacial score (nSPS) is 12.0. The Balaban J connectivity index is 1.89. The van der Waals surface area contributed by atoms with Gasteiger partial charge in [-0.1, -0.05) is 35.9 Å². The molecule has 0 bridgehead atoms. The molecule has 3 rings (SSSR count). The highest BCUT2D eigenvalue weighted by atomic mass is 35.5. The third kappa shape index (κ3) is 5.60. The maximum atomic E-state index is 13.7. The second kappa shape index (κ2) is 10.8. The molecular formula is C24H24ClFN2O5S. The van der Waals surface area contributed by atoms with E-state index in [0.29, 0.717) is 11.5 Å². The van der Waals surface area contributed by atoms with Crippen LogP contribution in [0.5, 0.6) is 11.5 Å². The van der Waals surface area contributed by atoms with Gasteiger partial charge in [0, 0.05) is 0 Å². The van der Waals surface area contributed by atoms with E-state index in [1.54, 1.807) is 43.3 Å². The number of rotatable bonds is 9. The number of ether oxygens (including phenoxy) is 2. The van der Waals surface area contributed by atoms with E-state index in [2.05, 4.69) is 5.32 Å². The van der Waals surface area contributed by atoms with Gasteiger partial charge in [0.2, 0.25) is 5.91 Å². The molecule has 0 aliphatic heterocycles. The SMILES string of the molecule is COc1ccc([C@@H](C)NC(=O)CN(c2ccc(F)c(Cl)c2)S(=O)(=O)c2ccccc2)cc1OC. The van der Waals surface area contributed by atoms with Crippen LogP contribution >= 0.6 is 11.6 Å². The highest BCUT2D eigenvalue weighted by Gasteiger charge is 2.28. The zero-order valence-electron chi connectivity index (χ0n) is 18.8. The molecule has 1 N–H and O–H groups in total. The number of carbonyl (C=O) groups is 1. The highest BCUT2D eigenvalue weighted by molar-refractivity contribution is 7.92. The third-order valence-electron chi connectivity index (χ3n) is 5.09. The number of carbonyl (C=O) groups excluding carboxylic acids is 1. The van der Waals surface area contributed by atoms with Gasteiger partial charge in [-0.3, -0.25) is 9.10 Å². The molecule has 0 saturated carbocycles. The molecule has 1 atom stereocenters. The Labute approximate surface area is 203 Å². The zero-order chi connectivity index (χ0) is 24.9. The quantitative estimate of drug-likeness (QED) is 0.459. The molecule has 0 fully saturated rings. The summed E-state index contributed by atoms with van der Waals surface area (Å²) in [5.74, 6) is -0.232. The van der Waals surface area contributed by atoms with E-state index in [4.69, 9.17) is 21.1 Å². The van der Waals surface area contributed by atoms with Crippen molar-refractivity contribution in [2.24, 2.45) is 0 Å². The maximum Gasteiger partial charge on any atom is 0.264 e. The maximum absolute atomic E-state index is 13.7. The van der Waals surface area contributed by atoms with Crippen molar-refractivity contribution in [3.8, 4) is 11.5 Å². The number of sulfonamides is 1. The highest BCUT2D eigenvalue weighted by Crippen LogP contribution is 2.30. The number of benzene rings is 3. The van der Waals surface area contributed by atoms with Crippen molar-refractivity contribution in [1.29, 1.82) is 0 Å². The van der Waals surface area contributed by atoms with Crippen molar-refractivity contribution in [3.63, 3.8) is 0 Å². The fraction of sp³-hybridized carbons (Fsp3) is 0.208. The smallest absolute Gasteiger partial charge is 0.264 e. The molecule has 0 aromatic heterocycles. The van der Waals surface area contributed by atoms with E-state index in [1.165, 1.54) is 38.5 Å². The average molecular weight is 507 g/mol. The molecule has 0 heterocycles. The van der Waals surface area contributed by atoms with Crippen LogP contribution in [0.2, 0.25) is 5.02 Å². The summed E-state index contributed by atoms with van der Waals surface area (Å²) < 4.78 is 51.8. The average Bonchev–Trinajstić information content (AvgIpc) is 2.84. The first-order valence-electron chi connectivity index (χ1n) is 10.2. The van der Waals surface area contributed by atoms with Gasteiger partial charge in [-0.15, -0.1) is 0 Å². The molecular weight excluding hydrogens is 483 g/mol. The molecule has 0 saturated heterocycles. The zero-order valence-corrected chi connectivity index (χ0v) is 20.4. The van der Waals surface area contributed by atoms with Crippen molar-refractivity contribution in [2.75, 3.05) is 25.1 Å². The molecule has 3 aromatic rings. The van der Waals surface area contributed by atoms with Crippen LogP contribution in [0.4, 0.5) is 10.1 Å². The number of hydrogen-bond donors (Lipinski definition) is 1. The molecule has 7 nitrogen and oxygen atoms in total.